The molecule has 3 aliphatic rings. The third-order valence-electron chi connectivity index (χ3n) is 6.95. The first-order valence-electron chi connectivity index (χ1n) is 11.6. The highest BCUT2D eigenvalue weighted by Gasteiger charge is 2.43. The predicted octanol–water partition coefficient (Wildman–Crippen LogP) is -0.671. The van der Waals surface area contributed by atoms with Gasteiger partial charge in [-0.05, 0) is 42.7 Å². The summed E-state index contributed by atoms with van der Waals surface area (Å²) < 4.78 is 3.06. The van der Waals surface area contributed by atoms with E-state index in [4.69, 9.17) is 0 Å². The number of carbonyl (C=O) groups excluding carboxylic acids is 4. The standard InChI is InChI=1S/C23H22N8O5/c32-18-9-15(20(18)30-7-1-6-24-30)25-21(34)16-11-31(28-27-16)13-2-3-14-12(8-13)10-29(23(14)36)17-4-5-19(33)26-22(17)35/h1-3,6-8,11,15,17-18,20,32H,4-5,9-10H2,(H,25,34)(H,26,33,35)/t15-,17?,18+,20+/m0/s1. The number of aromatic nitrogens is 5. The quantitative estimate of drug-likeness (QED) is 0.396. The summed E-state index contributed by atoms with van der Waals surface area (Å²) >= 11 is 0. The molecule has 0 spiro atoms. The molecule has 3 N–H and O–H groups in total. The summed E-state index contributed by atoms with van der Waals surface area (Å²) in [6.45, 7) is 0.231. The summed E-state index contributed by atoms with van der Waals surface area (Å²) in [6, 6.07) is 5.54. The van der Waals surface area contributed by atoms with Gasteiger partial charge in [-0.15, -0.1) is 5.10 Å². The summed E-state index contributed by atoms with van der Waals surface area (Å²) in [4.78, 5) is 50.8. The van der Waals surface area contributed by atoms with Crippen molar-refractivity contribution in [2.75, 3.05) is 0 Å². The van der Waals surface area contributed by atoms with Gasteiger partial charge in [-0.25, -0.2) is 4.68 Å². The van der Waals surface area contributed by atoms with Gasteiger partial charge in [0.25, 0.3) is 11.8 Å². The summed E-state index contributed by atoms with van der Waals surface area (Å²) in [6.07, 6.45) is 5.13. The van der Waals surface area contributed by atoms with Gasteiger partial charge in [-0.1, -0.05) is 5.21 Å². The number of benzene rings is 1. The number of fused-ring (bicyclic) bond motifs is 1. The Hall–Kier alpha value is -4.39. The fraction of sp³-hybridized carbons (Fsp3) is 0.348. The van der Waals surface area contributed by atoms with Crippen LogP contribution in [0.5, 0.6) is 0 Å². The minimum absolute atomic E-state index is 0.109. The van der Waals surface area contributed by atoms with Crippen LogP contribution < -0.4 is 10.6 Å². The lowest BCUT2D eigenvalue weighted by Gasteiger charge is -2.41. The number of amides is 4. The summed E-state index contributed by atoms with van der Waals surface area (Å²) in [5.41, 5.74) is 1.91. The number of aliphatic hydroxyl groups excluding tert-OH is 1. The topological polar surface area (TPSA) is 164 Å². The number of hydrogen-bond donors (Lipinski definition) is 3. The Balaban J connectivity index is 1.16. The van der Waals surface area contributed by atoms with E-state index in [0.717, 1.165) is 0 Å². The second-order valence-corrected chi connectivity index (χ2v) is 9.15. The largest absolute Gasteiger partial charge is 0.391 e. The van der Waals surface area contributed by atoms with Crippen LogP contribution in [-0.2, 0) is 16.1 Å². The van der Waals surface area contributed by atoms with Gasteiger partial charge < -0.3 is 15.3 Å². The van der Waals surface area contributed by atoms with E-state index >= 15 is 0 Å². The zero-order valence-electron chi connectivity index (χ0n) is 18.9. The molecule has 1 unspecified atom stereocenters. The fourth-order valence-corrected chi connectivity index (χ4v) is 5.01. The Bertz CT molecular complexity index is 1380. The van der Waals surface area contributed by atoms with E-state index in [-0.39, 0.29) is 49.0 Å². The van der Waals surface area contributed by atoms with Gasteiger partial charge in [-0.3, -0.25) is 29.2 Å². The normalized spacial score (nSPS) is 25.4. The van der Waals surface area contributed by atoms with Gasteiger partial charge in [0.1, 0.15) is 6.04 Å². The number of aliphatic hydroxyl groups is 1. The average molecular weight is 490 g/mol. The maximum Gasteiger partial charge on any atom is 0.273 e. The lowest BCUT2D eigenvalue weighted by atomic mass is 9.83. The van der Waals surface area contributed by atoms with E-state index in [9.17, 15) is 24.3 Å². The van der Waals surface area contributed by atoms with Gasteiger partial charge in [0.05, 0.1) is 30.1 Å². The molecule has 13 nitrogen and oxygen atoms in total. The van der Waals surface area contributed by atoms with Crippen LogP contribution in [-0.4, -0.2) is 76.6 Å². The molecule has 2 aromatic heterocycles. The van der Waals surface area contributed by atoms with E-state index in [1.54, 1.807) is 41.3 Å². The second kappa shape index (κ2) is 8.37. The number of hydrogen-bond acceptors (Lipinski definition) is 8. The molecule has 1 saturated carbocycles. The number of imide groups is 1. The highest BCUT2D eigenvalue weighted by Crippen LogP contribution is 2.32. The van der Waals surface area contributed by atoms with Crippen molar-refractivity contribution in [3.8, 4) is 5.69 Å². The van der Waals surface area contributed by atoms with E-state index in [2.05, 4.69) is 26.0 Å². The molecule has 6 rings (SSSR count). The zero-order chi connectivity index (χ0) is 25.0. The number of rotatable bonds is 5. The maximum atomic E-state index is 12.9. The smallest absolute Gasteiger partial charge is 0.273 e. The van der Waals surface area contributed by atoms with Gasteiger partial charge in [0.2, 0.25) is 11.8 Å². The summed E-state index contributed by atoms with van der Waals surface area (Å²) in [5, 5.41) is 27.4. The van der Waals surface area contributed by atoms with Crippen LogP contribution in [0.3, 0.4) is 0 Å². The molecule has 0 radical (unpaired) electrons. The predicted molar refractivity (Wildman–Crippen MR) is 121 cm³/mol. The van der Waals surface area contributed by atoms with E-state index in [1.165, 1.54) is 15.8 Å². The lowest BCUT2D eigenvalue weighted by Crippen LogP contribution is -2.56. The van der Waals surface area contributed by atoms with Crippen molar-refractivity contribution in [3.05, 3.63) is 59.7 Å². The average Bonchev–Trinajstić information content (AvgIpc) is 3.60. The van der Waals surface area contributed by atoms with Gasteiger partial charge in [0, 0.05) is 30.9 Å². The van der Waals surface area contributed by atoms with Crippen LogP contribution in [0.4, 0.5) is 0 Å². The van der Waals surface area contributed by atoms with Gasteiger partial charge >= 0.3 is 0 Å². The number of carbonyl (C=O) groups is 4. The highest BCUT2D eigenvalue weighted by molar-refractivity contribution is 6.05. The van der Waals surface area contributed by atoms with Crippen molar-refractivity contribution < 1.29 is 24.3 Å². The van der Waals surface area contributed by atoms with Crippen LogP contribution in [0.25, 0.3) is 5.69 Å². The highest BCUT2D eigenvalue weighted by atomic mass is 16.3. The minimum Gasteiger partial charge on any atom is -0.391 e. The molecule has 4 amide bonds. The van der Waals surface area contributed by atoms with E-state index in [0.29, 0.717) is 23.2 Å². The molecule has 184 valence electrons. The second-order valence-electron chi connectivity index (χ2n) is 9.15. The Kier molecular flexibility index (Phi) is 5.14. The van der Waals surface area contributed by atoms with Crippen molar-refractivity contribution >= 4 is 23.6 Å². The van der Waals surface area contributed by atoms with E-state index in [1.807, 2.05) is 0 Å². The summed E-state index contributed by atoms with van der Waals surface area (Å²) in [5.74, 6) is -1.48. The summed E-state index contributed by atoms with van der Waals surface area (Å²) in [7, 11) is 0. The van der Waals surface area contributed by atoms with Crippen LogP contribution >= 0.6 is 0 Å². The number of nitrogens with one attached hydrogen (secondary N) is 2. The molecular formula is C23H22N8O5. The van der Waals surface area contributed by atoms with E-state index < -0.39 is 24.0 Å². The number of piperidine rings is 1. The van der Waals surface area contributed by atoms with Gasteiger partial charge in [-0.2, -0.15) is 5.10 Å². The molecule has 2 fully saturated rings. The first-order chi connectivity index (χ1) is 17.4. The Morgan fingerprint density at radius 1 is 1.22 bits per heavy atom. The Labute approximate surface area is 204 Å². The van der Waals surface area contributed by atoms with Crippen molar-refractivity contribution in [2.45, 2.75) is 50.0 Å². The number of nitrogens with zero attached hydrogens (tertiary/aromatic N) is 6. The monoisotopic (exact) mass is 490 g/mol. The molecule has 3 aromatic rings. The van der Waals surface area contributed by atoms with Crippen LogP contribution in [0.15, 0.2) is 42.9 Å². The molecule has 2 aliphatic heterocycles. The molecule has 4 heterocycles. The third kappa shape index (κ3) is 3.64. The molecule has 0 bridgehead atoms. The van der Waals surface area contributed by atoms with Gasteiger partial charge in [0.15, 0.2) is 5.69 Å². The molecule has 1 aromatic carbocycles. The van der Waals surface area contributed by atoms with Crippen LogP contribution in [0.2, 0.25) is 0 Å². The first-order valence-corrected chi connectivity index (χ1v) is 11.6. The minimum atomic E-state index is -0.691. The lowest BCUT2D eigenvalue weighted by molar-refractivity contribution is -0.136. The first kappa shape index (κ1) is 22.1. The third-order valence-corrected chi connectivity index (χ3v) is 6.95. The molecule has 1 saturated heterocycles. The molecule has 4 atom stereocenters. The molecule has 36 heavy (non-hydrogen) atoms. The SMILES string of the molecule is O=C1CCC(N2Cc3cc(-n4cc(C(=O)N[C@H]5C[C@@H](O)[C@@H]5n5cccn5)nn4)ccc3C2=O)C(=O)N1. The molecule has 13 heteroatoms. The van der Waals surface area contributed by atoms with Crippen molar-refractivity contribution in [2.24, 2.45) is 0 Å². The maximum absolute atomic E-state index is 12.9. The Morgan fingerprint density at radius 2 is 2.08 bits per heavy atom. The van der Waals surface area contributed by atoms with Crippen molar-refractivity contribution in [1.82, 2.24) is 40.3 Å². The van der Waals surface area contributed by atoms with Crippen LogP contribution in [0.1, 0.15) is 51.7 Å². The zero-order valence-corrected chi connectivity index (χ0v) is 18.9. The molecule has 1 aliphatic carbocycles. The fourth-order valence-electron chi connectivity index (χ4n) is 5.01. The van der Waals surface area contributed by atoms with Crippen molar-refractivity contribution in [3.63, 3.8) is 0 Å². The Morgan fingerprint density at radius 3 is 2.83 bits per heavy atom. The van der Waals surface area contributed by atoms with Crippen molar-refractivity contribution in [1.29, 1.82) is 0 Å². The van der Waals surface area contributed by atoms with Crippen LogP contribution in [0, 0.1) is 0 Å². The molecular weight excluding hydrogens is 468 g/mol.